The first-order valence-corrected chi connectivity index (χ1v) is 9.39. The summed E-state index contributed by atoms with van der Waals surface area (Å²) in [6.45, 7) is 6.02. The second-order valence-corrected chi connectivity index (χ2v) is 6.76. The van der Waals surface area contributed by atoms with Gasteiger partial charge in [-0.2, -0.15) is 0 Å². The third kappa shape index (κ3) is 7.75. The van der Waals surface area contributed by atoms with Crippen LogP contribution < -0.4 is 10.6 Å². The fourth-order valence-corrected chi connectivity index (χ4v) is 2.32. The normalized spacial score (nSPS) is 11.6. The lowest BCUT2D eigenvalue weighted by atomic mass is 10.1. The molecule has 0 fully saturated rings. The minimum Gasteiger partial charge on any atom is -0.449 e. The van der Waals surface area contributed by atoms with Gasteiger partial charge in [-0.25, -0.2) is 9.59 Å². The molecule has 2 aromatic rings. The summed E-state index contributed by atoms with van der Waals surface area (Å²) in [6, 6.07) is 15.4. The number of nitrogens with one attached hydrogen (secondary N) is 2. The van der Waals surface area contributed by atoms with Crippen molar-refractivity contribution in [2.75, 3.05) is 0 Å². The molecule has 0 aliphatic heterocycles. The number of ether oxygens (including phenoxy) is 2. The highest BCUT2D eigenvalue weighted by atomic mass is 16.5. The molecule has 0 heterocycles. The number of rotatable bonds is 8. The number of imide groups is 1. The highest BCUT2D eigenvalue weighted by molar-refractivity contribution is 5.98. The number of hydrogen-bond donors (Lipinski definition) is 2. The minimum atomic E-state index is -1.12. The average molecular weight is 398 g/mol. The van der Waals surface area contributed by atoms with Gasteiger partial charge in [0.15, 0.2) is 6.10 Å². The molecule has 154 valence electrons. The Hall–Kier alpha value is -3.19. The Balaban J connectivity index is 1.79. The van der Waals surface area contributed by atoms with Crippen LogP contribution in [0.1, 0.15) is 42.3 Å². The van der Waals surface area contributed by atoms with Crippen molar-refractivity contribution >= 4 is 17.9 Å². The summed E-state index contributed by atoms with van der Waals surface area (Å²) < 4.78 is 10.6. The van der Waals surface area contributed by atoms with E-state index in [1.807, 2.05) is 44.2 Å². The molecule has 0 saturated heterocycles. The fraction of sp³-hybridized carbons (Fsp3) is 0.318. The monoisotopic (exact) mass is 398 g/mol. The summed E-state index contributed by atoms with van der Waals surface area (Å²) in [5, 5.41) is 4.73. The first-order valence-electron chi connectivity index (χ1n) is 9.39. The molecule has 29 heavy (non-hydrogen) atoms. The van der Waals surface area contributed by atoms with Crippen LogP contribution in [-0.2, 0) is 27.4 Å². The standard InChI is InChI=1S/C22H26N2O5/c1-15(2)28-14-18-9-11-19(12-10-18)21(26)29-16(3)20(25)24-22(27)23-13-17-7-5-4-6-8-17/h4-12,15-16H,13-14H2,1-3H3,(H2,23,24,25,27)/t16-/m0/s1. The van der Waals surface area contributed by atoms with Crippen LogP contribution in [0.2, 0.25) is 0 Å². The largest absolute Gasteiger partial charge is 0.449 e. The van der Waals surface area contributed by atoms with Crippen molar-refractivity contribution in [2.24, 2.45) is 0 Å². The molecule has 7 nitrogen and oxygen atoms in total. The van der Waals surface area contributed by atoms with E-state index in [9.17, 15) is 14.4 Å². The van der Waals surface area contributed by atoms with Crippen LogP contribution in [0.3, 0.4) is 0 Å². The second kappa shape index (κ2) is 11.0. The summed E-state index contributed by atoms with van der Waals surface area (Å²) in [7, 11) is 0. The molecule has 0 aliphatic rings. The summed E-state index contributed by atoms with van der Waals surface area (Å²) in [6.07, 6.45) is -1.00. The Kier molecular flexibility index (Phi) is 8.36. The van der Waals surface area contributed by atoms with Gasteiger partial charge in [0.2, 0.25) is 0 Å². The zero-order chi connectivity index (χ0) is 21.2. The number of amides is 3. The molecule has 7 heteroatoms. The number of carbonyl (C=O) groups is 3. The molecule has 0 saturated carbocycles. The first kappa shape index (κ1) is 22.1. The molecule has 0 unspecified atom stereocenters. The van der Waals surface area contributed by atoms with E-state index >= 15 is 0 Å². The van der Waals surface area contributed by atoms with E-state index in [2.05, 4.69) is 10.6 Å². The van der Waals surface area contributed by atoms with Gasteiger partial charge < -0.3 is 14.8 Å². The third-order valence-electron chi connectivity index (χ3n) is 3.96. The van der Waals surface area contributed by atoms with Gasteiger partial charge in [-0.1, -0.05) is 42.5 Å². The SMILES string of the molecule is CC(C)OCc1ccc(C(=O)O[C@@H](C)C(=O)NC(=O)NCc2ccccc2)cc1. The molecular formula is C22H26N2O5. The average Bonchev–Trinajstić information content (AvgIpc) is 2.71. The van der Waals surface area contributed by atoms with Gasteiger partial charge in [0, 0.05) is 6.54 Å². The van der Waals surface area contributed by atoms with Gasteiger partial charge in [-0.05, 0) is 44.0 Å². The number of urea groups is 1. The third-order valence-corrected chi connectivity index (χ3v) is 3.96. The van der Waals surface area contributed by atoms with Gasteiger partial charge in [0.05, 0.1) is 18.3 Å². The van der Waals surface area contributed by atoms with Crippen LogP contribution >= 0.6 is 0 Å². The molecule has 0 aromatic heterocycles. The topological polar surface area (TPSA) is 93.7 Å². The van der Waals surface area contributed by atoms with Gasteiger partial charge >= 0.3 is 12.0 Å². The quantitative estimate of drug-likeness (QED) is 0.666. The molecule has 0 aliphatic carbocycles. The number of benzene rings is 2. The first-order chi connectivity index (χ1) is 13.8. The maximum absolute atomic E-state index is 12.2. The van der Waals surface area contributed by atoms with Crippen molar-refractivity contribution in [3.63, 3.8) is 0 Å². The molecule has 2 aromatic carbocycles. The Morgan fingerprint density at radius 3 is 2.17 bits per heavy atom. The Morgan fingerprint density at radius 2 is 1.55 bits per heavy atom. The van der Waals surface area contributed by atoms with Crippen molar-refractivity contribution in [1.29, 1.82) is 0 Å². The Morgan fingerprint density at radius 1 is 0.897 bits per heavy atom. The lowest BCUT2D eigenvalue weighted by molar-refractivity contribution is -0.127. The number of carbonyl (C=O) groups excluding carboxylic acids is 3. The summed E-state index contributed by atoms with van der Waals surface area (Å²) >= 11 is 0. The smallest absolute Gasteiger partial charge is 0.338 e. The maximum atomic E-state index is 12.2. The summed E-state index contributed by atoms with van der Waals surface area (Å²) in [4.78, 5) is 36.1. The van der Waals surface area contributed by atoms with Gasteiger partial charge in [0.1, 0.15) is 0 Å². The lowest BCUT2D eigenvalue weighted by Gasteiger charge is -2.14. The highest BCUT2D eigenvalue weighted by Gasteiger charge is 2.20. The van der Waals surface area contributed by atoms with E-state index in [4.69, 9.17) is 9.47 Å². The highest BCUT2D eigenvalue weighted by Crippen LogP contribution is 2.09. The predicted molar refractivity (Wildman–Crippen MR) is 108 cm³/mol. The molecule has 1 atom stereocenters. The van der Waals surface area contributed by atoms with Crippen molar-refractivity contribution < 1.29 is 23.9 Å². The van der Waals surface area contributed by atoms with E-state index < -0.39 is 24.0 Å². The molecule has 3 amide bonds. The molecule has 0 spiro atoms. The van der Waals surface area contributed by atoms with Crippen LogP contribution in [0, 0.1) is 0 Å². The maximum Gasteiger partial charge on any atom is 0.338 e. The minimum absolute atomic E-state index is 0.115. The molecule has 2 N–H and O–H groups in total. The van der Waals surface area contributed by atoms with Crippen LogP contribution in [0.15, 0.2) is 54.6 Å². The number of hydrogen-bond acceptors (Lipinski definition) is 5. The van der Waals surface area contributed by atoms with Crippen LogP contribution in [0.5, 0.6) is 0 Å². The lowest BCUT2D eigenvalue weighted by Crippen LogP contribution is -2.44. The summed E-state index contributed by atoms with van der Waals surface area (Å²) in [5.74, 6) is -1.35. The van der Waals surface area contributed by atoms with Crippen LogP contribution in [0.25, 0.3) is 0 Å². The molecule has 0 radical (unpaired) electrons. The van der Waals surface area contributed by atoms with Crippen LogP contribution in [0.4, 0.5) is 4.79 Å². The van der Waals surface area contributed by atoms with E-state index in [-0.39, 0.29) is 12.6 Å². The molecule has 0 bridgehead atoms. The zero-order valence-electron chi connectivity index (χ0n) is 16.8. The summed E-state index contributed by atoms with van der Waals surface area (Å²) in [5.41, 5.74) is 2.14. The van der Waals surface area contributed by atoms with Gasteiger partial charge in [0.25, 0.3) is 5.91 Å². The van der Waals surface area contributed by atoms with Crippen molar-refractivity contribution in [2.45, 2.75) is 46.1 Å². The van der Waals surface area contributed by atoms with Crippen molar-refractivity contribution in [3.05, 3.63) is 71.3 Å². The van der Waals surface area contributed by atoms with Crippen molar-refractivity contribution in [1.82, 2.24) is 10.6 Å². The second-order valence-electron chi connectivity index (χ2n) is 6.76. The van der Waals surface area contributed by atoms with E-state index in [1.165, 1.54) is 6.92 Å². The van der Waals surface area contributed by atoms with Gasteiger partial charge in [-0.3, -0.25) is 10.1 Å². The molecular weight excluding hydrogens is 372 g/mol. The van der Waals surface area contributed by atoms with E-state index in [0.29, 0.717) is 12.2 Å². The number of esters is 1. The van der Waals surface area contributed by atoms with Gasteiger partial charge in [-0.15, -0.1) is 0 Å². The van der Waals surface area contributed by atoms with E-state index in [1.54, 1.807) is 24.3 Å². The van der Waals surface area contributed by atoms with E-state index in [0.717, 1.165) is 11.1 Å². The van der Waals surface area contributed by atoms with Crippen molar-refractivity contribution in [3.8, 4) is 0 Å². The van der Waals surface area contributed by atoms with Crippen LogP contribution in [-0.4, -0.2) is 30.1 Å². The fourth-order valence-electron chi connectivity index (χ4n) is 2.32. The Bertz CT molecular complexity index is 819. The molecule has 2 rings (SSSR count). The predicted octanol–water partition coefficient (Wildman–Crippen LogP) is 3.18. The zero-order valence-corrected chi connectivity index (χ0v) is 16.8. The Labute approximate surface area is 170 Å².